The van der Waals surface area contributed by atoms with Crippen LogP contribution in [-0.2, 0) is 0 Å². The number of fused-ring (bicyclic) bond motifs is 3. The van der Waals surface area contributed by atoms with Gasteiger partial charge in [0.05, 0.1) is 6.04 Å². The number of furan rings is 1. The maximum absolute atomic E-state index is 6.41. The summed E-state index contributed by atoms with van der Waals surface area (Å²) in [6.45, 7) is 0. The fraction of sp³-hybridized carbons (Fsp3) is 0.150. The summed E-state index contributed by atoms with van der Waals surface area (Å²) >= 11 is 0. The van der Waals surface area contributed by atoms with Gasteiger partial charge in [-0.3, -0.25) is 5.32 Å². The fourth-order valence-electron chi connectivity index (χ4n) is 6.88. The Labute approximate surface area is 252 Å². The molecule has 0 spiro atoms. The van der Waals surface area contributed by atoms with Crippen molar-refractivity contribution in [1.29, 1.82) is 0 Å². The first-order chi connectivity index (χ1) is 21.3. The largest absolute Gasteiger partial charge is 0.456 e. The SMILES string of the molecule is C1=C(c2cccc3oc4ccc(-c5ccccc5)cc4c23)NC(c2ccccc2)NC1C1=CC(c2ccccc2)CCC1. The summed E-state index contributed by atoms with van der Waals surface area (Å²) in [4.78, 5) is 0. The minimum atomic E-state index is -0.0162. The standard InChI is InChI=1S/C40H34N2O/c1-4-12-27(13-5-1)30-18-10-19-32(24-30)35-26-36(42-40(41-35)29-16-8-3-9-17-29)33-20-11-21-38-39(33)34-25-31(22-23-37(34)43-38)28-14-6-2-7-15-28/h1-9,11-17,20-26,30,35,40-42H,10,18-19H2. The number of nitrogens with one attached hydrogen (secondary N) is 2. The first kappa shape index (κ1) is 25.8. The van der Waals surface area contributed by atoms with Crippen molar-refractivity contribution in [3.8, 4) is 11.1 Å². The van der Waals surface area contributed by atoms with Crippen LogP contribution in [0.2, 0.25) is 0 Å². The zero-order chi connectivity index (χ0) is 28.6. The second kappa shape index (κ2) is 11.1. The Hall–Kier alpha value is -4.86. The van der Waals surface area contributed by atoms with Crippen LogP contribution in [0.4, 0.5) is 0 Å². The van der Waals surface area contributed by atoms with Gasteiger partial charge in [0.2, 0.25) is 0 Å². The van der Waals surface area contributed by atoms with E-state index in [0.29, 0.717) is 5.92 Å². The normalized spacial score (nSPS) is 20.4. The fourth-order valence-corrected chi connectivity index (χ4v) is 6.88. The van der Waals surface area contributed by atoms with Crippen LogP contribution >= 0.6 is 0 Å². The van der Waals surface area contributed by atoms with Crippen molar-refractivity contribution in [2.45, 2.75) is 37.4 Å². The van der Waals surface area contributed by atoms with Crippen molar-refractivity contribution in [3.63, 3.8) is 0 Å². The monoisotopic (exact) mass is 558 g/mol. The van der Waals surface area contributed by atoms with Gasteiger partial charge in [0.15, 0.2) is 0 Å². The second-order valence-corrected chi connectivity index (χ2v) is 11.7. The predicted octanol–water partition coefficient (Wildman–Crippen LogP) is 9.75. The van der Waals surface area contributed by atoms with E-state index in [1.807, 2.05) is 0 Å². The van der Waals surface area contributed by atoms with E-state index in [9.17, 15) is 0 Å². The highest BCUT2D eigenvalue weighted by atomic mass is 16.3. The molecule has 0 bridgehead atoms. The molecule has 8 rings (SSSR count). The van der Waals surface area contributed by atoms with Crippen molar-refractivity contribution in [1.82, 2.24) is 10.6 Å². The van der Waals surface area contributed by atoms with Crippen molar-refractivity contribution in [2.24, 2.45) is 0 Å². The summed E-state index contributed by atoms with van der Waals surface area (Å²) in [5.74, 6) is 0.450. The summed E-state index contributed by atoms with van der Waals surface area (Å²) in [7, 11) is 0. The van der Waals surface area contributed by atoms with Crippen LogP contribution in [0.1, 0.15) is 48.0 Å². The van der Waals surface area contributed by atoms with Crippen LogP contribution < -0.4 is 10.6 Å². The lowest BCUT2D eigenvalue weighted by molar-refractivity contribution is 0.446. The smallest absolute Gasteiger partial charge is 0.136 e. The zero-order valence-corrected chi connectivity index (χ0v) is 24.0. The van der Waals surface area contributed by atoms with Gasteiger partial charge in [-0.25, -0.2) is 0 Å². The molecule has 0 saturated heterocycles. The number of hydrogen-bond donors (Lipinski definition) is 2. The molecule has 43 heavy (non-hydrogen) atoms. The van der Waals surface area contributed by atoms with Crippen LogP contribution in [0.3, 0.4) is 0 Å². The Morgan fingerprint density at radius 1 is 0.628 bits per heavy atom. The van der Waals surface area contributed by atoms with Gasteiger partial charge in [0.25, 0.3) is 0 Å². The van der Waals surface area contributed by atoms with Crippen molar-refractivity contribution in [3.05, 3.63) is 162 Å². The molecule has 3 unspecified atom stereocenters. The number of rotatable bonds is 5. The Balaban J connectivity index is 1.26. The highest BCUT2D eigenvalue weighted by Crippen LogP contribution is 2.39. The van der Waals surface area contributed by atoms with Gasteiger partial charge < -0.3 is 9.73 Å². The quantitative estimate of drug-likeness (QED) is 0.207. The minimum Gasteiger partial charge on any atom is -0.456 e. The van der Waals surface area contributed by atoms with Crippen LogP contribution in [0.5, 0.6) is 0 Å². The second-order valence-electron chi connectivity index (χ2n) is 11.7. The molecule has 2 aliphatic rings. The first-order valence-electron chi connectivity index (χ1n) is 15.4. The molecule has 1 aliphatic carbocycles. The maximum atomic E-state index is 6.41. The average molecular weight is 559 g/mol. The Morgan fingerprint density at radius 2 is 1.37 bits per heavy atom. The van der Waals surface area contributed by atoms with Crippen molar-refractivity contribution >= 4 is 27.6 Å². The molecule has 3 heteroatoms. The van der Waals surface area contributed by atoms with E-state index in [-0.39, 0.29) is 12.2 Å². The number of hydrogen-bond acceptors (Lipinski definition) is 3. The van der Waals surface area contributed by atoms with Gasteiger partial charge in [0.1, 0.15) is 17.3 Å². The molecule has 0 amide bonds. The van der Waals surface area contributed by atoms with Crippen LogP contribution in [0.25, 0.3) is 38.8 Å². The van der Waals surface area contributed by atoms with Crippen LogP contribution in [0, 0.1) is 0 Å². The third kappa shape index (κ3) is 4.96. The number of benzene rings is 5. The molecule has 6 aromatic rings. The van der Waals surface area contributed by atoms with E-state index in [4.69, 9.17) is 4.42 Å². The van der Waals surface area contributed by atoms with Gasteiger partial charge in [-0.2, -0.15) is 0 Å². The van der Waals surface area contributed by atoms with Gasteiger partial charge in [-0.05, 0) is 65.8 Å². The molecule has 3 nitrogen and oxygen atoms in total. The van der Waals surface area contributed by atoms with E-state index in [0.717, 1.165) is 34.1 Å². The summed E-state index contributed by atoms with van der Waals surface area (Å²) in [6.07, 6.45) is 8.40. The minimum absolute atomic E-state index is 0.0162. The average Bonchev–Trinajstić information content (AvgIpc) is 3.47. The molecule has 1 aromatic heterocycles. The van der Waals surface area contributed by atoms with Crippen molar-refractivity contribution < 1.29 is 4.42 Å². The molecule has 1 aliphatic heterocycles. The van der Waals surface area contributed by atoms with Crippen molar-refractivity contribution in [2.75, 3.05) is 0 Å². The van der Waals surface area contributed by atoms with Gasteiger partial charge in [0, 0.05) is 28.0 Å². The summed E-state index contributed by atoms with van der Waals surface area (Å²) in [5, 5.41) is 10.1. The third-order valence-electron chi connectivity index (χ3n) is 9.03. The van der Waals surface area contributed by atoms with Gasteiger partial charge in [-0.1, -0.05) is 121 Å². The molecule has 0 fully saturated rings. The topological polar surface area (TPSA) is 37.2 Å². The molecule has 2 N–H and O–H groups in total. The molecular formula is C40H34N2O. The molecule has 210 valence electrons. The van der Waals surface area contributed by atoms with Gasteiger partial charge >= 0.3 is 0 Å². The first-order valence-corrected chi connectivity index (χ1v) is 15.4. The molecule has 3 atom stereocenters. The summed E-state index contributed by atoms with van der Waals surface area (Å²) in [5.41, 5.74) is 10.6. The van der Waals surface area contributed by atoms with E-state index in [2.05, 4.69) is 150 Å². The van der Waals surface area contributed by atoms with E-state index in [1.54, 1.807) is 0 Å². The van der Waals surface area contributed by atoms with Gasteiger partial charge in [-0.15, -0.1) is 0 Å². The lowest BCUT2D eigenvalue weighted by atomic mass is 9.82. The summed E-state index contributed by atoms with van der Waals surface area (Å²) < 4.78 is 6.41. The van der Waals surface area contributed by atoms with E-state index in [1.165, 1.54) is 46.2 Å². The molecule has 0 saturated carbocycles. The molecule has 2 heterocycles. The summed E-state index contributed by atoms with van der Waals surface area (Å²) in [6, 6.07) is 45.3. The lowest BCUT2D eigenvalue weighted by Crippen LogP contribution is -2.45. The molecular weight excluding hydrogens is 524 g/mol. The third-order valence-corrected chi connectivity index (χ3v) is 9.03. The highest BCUT2D eigenvalue weighted by Gasteiger charge is 2.28. The Bertz CT molecular complexity index is 1950. The predicted molar refractivity (Wildman–Crippen MR) is 177 cm³/mol. The maximum Gasteiger partial charge on any atom is 0.136 e. The highest BCUT2D eigenvalue weighted by molar-refractivity contribution is 6.11. The van der Waals surface area contributed by atoms with E-state index >= 15 is 0 Å². The van der Waals surface area contributed by atoms with E-state index < -0.39 is 0 Å². The molecule has 5 aromatic carbocycles. The Kier molecular flexibility index (Phi) is 6.66. The Morgan fingerprint density at radius 3 is 2.16 bits per heavy atom. The number of allylic oxidation sites excluding steroid dienone is 1. The lowest BCUT2D eigenvalue weighted by Gasteiger charge is -2.36. The van der Waals surface area contributed by atoms with Crippen LogP contribution in [0.15, 0.2) is 150 Å². The molecule has 0 radical (unpaired) electrons. The zero-order valence-electron chi connectivity index (χ0n) is 24.0. The van der Waals surface area contributed by atoms with Crippen LogP contribution in [-0.4, -0.2) is 6.04 Å².